The Bertz CT molecular complexity index is 1630. The van der Waals surface area contributed by atoms with Crippen LogP contribution in [0.4, 0.5) is 0 Å². The van der Waals surface area contributed by atoms with Crippen molar-refractivity contribution < 1.29 is 19.0 Å². The van der Waals surface area contributed by atoms with E-state index >= 15 is 0 Å². The van der Waals surface area contributed by atoms with Gasteiger partial charge in [-0.2, -0.15) is 0 Å². The van der Waals surface area contributed by atoms with Crippen molar-refractivity contribution in [2.24, 2.45) is 4.99 Å². The fraction of sp³-hybridized carbons (Fsp3) is 0.222. The molecule has 0 saturated heterocycles. The van der Waals surface area contributed by atoms with Gasteiger partial charge in [0.1, 0.15) is 12.6 Å². The monoisotopic (exact) mass is 600 g/mol. The highest BCUT2D eigenvalue weighted by molar-refractivity contribution is 9.10. The van der Waals surface area contributed by atoms with Crippen LogP contribution in [0.1, 0.15) is 31.0 Å². The number of nitrogens with zero attached hydrogens (tertiary/aromatic N) is 2. The number of thiazole rings is 1. The fourth-order valence-electron chi connectivity index (χ4n) is 4.04. The Labute approximate surface area is 230 Å². The van der Waals surface area contributed by atoms with Gasteiger partial charge < -0.3 is 14.2 Å². The molecular weight excluding hydrogens is 580 g/mol. The second kappa shape index (κ2) is 11.4. The van der Waals surface area contributed by atoms with E-state index in [1.165, 1.54) is 23.0 Å². The molecule has 1 aliphatic rings. The number of allylic oxidation sites excluding steroid dienone is 1. The Hall–Kier alpha value is -3.32. The molecule has 0 saturated carbocycles. The number of methoxy groups -OCH3 is 1. The number of hydrogen-bond donors (Lipinski definition) is 0. The van der Waals surface area contributed by atoms with Crippen LogP contribution in [0.3, 0.4) is 0 Å². The quantitative estimate of drug-likeness (QED) is 0.299. The smallest absolute Gasteiger partial charge is 0.338 e. The second-order valence-corrected chi connectivity index (χ2v) is 10.2. The van der Waals surface area contributed by atoms with Crippen molar-refractivity contribution >= 4 is 50.9 Å². The van der Waals surface area contributed by atoms with Crippen molar-refractivity contribution in [2.45, 2.75) is 19.9 Å². The van der Waals surface area contributed by atoms with E-state index < -0.39 is 12.0 Å². The third kappa shape index (κ3) is 5.23. The third-order valence-corrected chi connectivity index (χ3v) is 7.36. The maximum absolute atomic E-state index is 13.9. The Morgan fingerprint density at radius 2 is 2.11 bits per heavy atom. The van der Waals surface area contributed by atoms with E-state index in [9.17, 15) is 9.59 Å². The maximum Gasteiger partial charge on any atom is 0.338 e. The Kier molecular flexibility index (Phi) is 8.22. The molecule has 10 heteroatoms. The molecule has 0 unspecified atom stereocenters. The number of ether oxygens (including phenoxy) is 3. The van der Waals surface area contributed by atoms with Gasteiger partial charge in [-0.25, -0.2) is 9.79 Å². The molecule has 2 aromatic carbocycles. The third-order valence-electron chi connectivity index (χ3n) is 5.57. The molecule has 0 N–H and O–H groups in total. The summed E-state index contributed by atoms with van der Waals surface area (Å²) in [7, 11) is 1.52. The molecule has 0 spiro atoms. The molecule has 1 aliphatic heterocycles. The number of rotatable bonds is 7. The van der Waals surface area contributed by atoms with Crippen LogP contribution in [-0.2, 0) is 9.53 Å². The number of carbonyl (C=O) groups excluding carboxylic acids is 1. The van der Waals surface area contributed by atoms with Crippen LogP contribution in [0, 0.1) is 12.3 Å². The Balaban J connectivity index is 1.99. The average molecular weight is 602 g/mol. The van der Waals surface area contributed by atoms with Crippen LogP contribution < -0.4 is 24.4 Å². The van der Waals surface area contributed by atoms with Crippen molar-refractivity contribution in [2.75, 3.05) is 20.3 Å². The zero-order valence-corrected chi connectivity index (χ0v) is 23.4. The van der Waals surface area contributed by atoms with Gasteiger partial charge in [0.2, 0.25) is 0 Å². The van der Waals surface area contributed by atoms with E-state index in [2.05, 4.69) is 26.8 Å². The molecule has 7 nitrogen and oxygen atoms in total. The summed E-state index contributed by atoms with van der Waals surface area (Å²) in [6.07, 6.45) is 7.08. The van der Waals surface area contributed by atoms with Gasteiger partial charge in [0, 0.05) is 15.1 Å². The SMILES string of the molecule is C#CCOc1c(C=c2sc3n(c2=O)[C@@H](c2ccccc2Cl)C(C(=O)OCC)=C(C)N=3)cc(Br)cc1OC. The molecule has 0 radical (unpaired) electrons. The molecule has 3 aromatic rings. The first kappa shape index (κ1) is 26.7. The predicted molar refractivity (Wildman–Crippen MR) is 147 cm³/mol. The molecule has 4 rings (SSSR count). The lowest BCUT2D eigenvalue weighted by Gasteiger charge is -2.25. The van der Waals surface area contributed by atoms with Gasteiger partial charge in [-0.1, -0.05) is 63.0 Å². The lowest BCUT2D eigenvalue weighted by atomic mass is 9.96. The lowest BCUT2D eigenvalue weighted by molar-refractivity contribution is -0.139. The van der Waals surface area contributed by atoms with Gasteiger partial charge in [0.05, 0.1) is 29.5 Å². The topological polar surface area (TPSA) is 79.1 Å². The standard InChI is InChI=1S/C27H22BrClN2O5S/c1-5-11-36-24-16(12-17(28)14-20(24)34-4)13-21-25(32)31-23(18-9-7-8-10-19(18)29)22(26(33)35-6-2)15(3)30-27(31)37-21/h1,7-10,12-14,23H,6,11H2,2-4H3/t23-/m0/s1. The summed E-state index contributed by atoms with van der Waals surface area (Å²) >= 11 is 11.2. The van der Waals surface area contributed by atoms with Gasteiger partial charge in [-0.05, 0) is 43.7 Å². The summed E-state index contributed by atoms with van der Waals surface area (Å²) in [6.45, 7) is 3.65. The van der Waals surface area contributed by atoms with Crippen molar-refractivity contribution in [1.29, 1.82) is 0 Å². The molecule has 1 atom stereocenters. The zero-order valence-electron chi connectivity index (χ0n) is 20.2. The molecular formula is C27H22BrClN2O5S. The summed E-state index contributed by atoms with van der Waals surface area (Å²) < 4.78 is 19.1. The zero-order chi connectivity index (χ0) is 26.7. The van der Waals surface area contributed by atoms with Crippen LogP contribution in [0.2, 0.25) is 5.02 Å². The van der Waals surface area contributed by atoms with E-state index in [1.807, 2.05) is 0 Å². The number of terminal acetylenes is 1. The summed E-state index contributed by atoms with van der Waals surface area (Å²) in [6, 6.07) is 9.83. The second-order valence-electron chi connectivity index (χ2n) is 7.84. The molecule has 1 aromatic heterocycles. The molecule has 0 bridgehead atoms. The highest BCUT2D eigenvalue weighted by Gasteiger charge is 2.34. The fourth-order valence-corrected chi connectivity index (χ4v) is 5.77. The van der Waals surface area contributed by atoms with Gasteiger partial charge in [-0.3, -0.25) is 9.36 Å². The average Bonchev–Trinajstić information content (AvgIpc) is 3.17. The largest absolute Gasteiger partial charge is 0.493 e. The van der Waals surface area contributed by atoms with Crippen LogP contribution >= 0.6 is 38.9 Å². The lowest BCUT2D eigenvalue weighted by Crippen LogP contribution is -2.40. The van der Waals surface area contributed by atoms with E-state index in [4.69, 9.17) is 32.2 Å². The minimum absolute atomic E-state index is 0.0225. The van der Waals surface area contributed by atoms with E-state index in [0.717, 1.165) is 4.47 Å². The van der Waals surface area contributed by atoms with Crippen molar-refractivity contribution in [3.8, 4) is 23.8 Å². The number of hydrogen-bond acceptors (Lipinski definition) is 7. The van der Waals surface area contributed by atoms with Crippen LogP contribution in [0.15, 0.2) is 61.9 Å². The summed E-state index contributed by atoms with van der Waals surface area (Å²) in [5, 5.41) is 0.417. The minimum atomic E-state index is -0.805. The van der Waals surface area contributed by atoms with E-state index in [1.54, 1.807) is 56.3 Å². The van der Waals surface area contributed by atoms with Gasteiger partial charge in [-0.15, -0.1) is 6.42 Å². The number of benzene rings is 2. The molecule has 0 fully saturated rings. The van der Waals surface area contributed by atoms with Crippen LogP contribution in [0.25, 0.3) is 6.08 Å². The highest BCUT2D eigenvalue weighted by Crippen LogP contribution is 2.36. The summed E-state index contributed by atoms with van der Waals surface area (Å²) in [4.78, 5) is 31.9. The summed E-state index contributed by atoms with van der Waals surface area (Å²) in [5.41, 5.74) is 1.55. The Morgan fingerprint density at radius 3 is 2.78 bits per heavy atom. The molecule has 0 aliphatic carbocycles. The number of esters is 1. The molecule has 190 valence electrons. The number of halogens is 2. The first-order valence-electron chi connectivity index (χ1n) is 11.2. The first-order chi connectivity index (χ1) is 17.8. The predicted octanol–water partition coefficient (Wildman–Crippen LogP) is 4.23. The van der Waals surface area contributed by atoms with Crippen LogP contribution in [0.5, 0.6) is 11.5 Å². The van der Waals surface area contributed by atoms with Crippen LogP contribution in [-0.4, -0.2) is 30.9 Å². The Morgan fingerprint density at radius 1 is 1.35 bits per heavy atom. The number of carbonyl (C=O) groups is 1. The maximum atomic E-state index is 13.9. The van der Waals surface area contributed by atoms with Gasteiger partial charge in [0.15, 0.2) is 16.3 Å². The van der Waals surface area contributed by atoms with E-state index in [0.29, 0.717) is 42.7 Å². The highest BCUT2D eigenvalue weighted by atomic mass is 79.9. The van der Waals surface area contributed by atoms with Crippen molar-refractivity contribution in [3.63, 3.8) is 0 Å². The van der Waals surface area contributed by atoms with Crippen molar-refractivity contribution in [1.82, 2.24) is 4.57 Å². The first-order valence-corrected chi connectivity index (χ1v) is 13.2. The van der Waals surface area contributed by atoms with Crippen molar-refractivity contribution in [3.05, 3.63) is 88.0 Å². The van der Waals surface area contributed by atoms with Gasteiger partial charge in [0.25, 0.3) is 5.56 Å². The summed E-state index contributed by atoms with van der Waals surface area (Å²) in [5.74, 6) is 2.75. The molecule has 37 heavy (non-hydrogen) atoms. The number of aromatic nitrogens is 1. The normalized spacial score (nSPS) is 15.0. The minimum Gasteiger partial charge on any atom is -0.493 e. The molecule has 0 amide bonds. The number of fused-ring (bicyclic) bond motifs is 1. The van der Waals surface area contributed by atoms with E-state index in [-0.39, 0.29) is 24.3 Å². The molecule has 2 heterocycles. The van der Waals surface area contributed by atoms with Gasteiger partial charge >= 0.3 is 5.97 Å².